The minimum atomic E-state index is -5.50. The highest BCUT2D eigenvalue weighted by Gasteiger charge is 2.61. The van der Waals surface area contributed by atoms with Crippen molar-refractivity contribution in [3.05, 3.63) is 0 Å². The lowest BCUT2D eigenvalue weighted by Crippen LogP contribution is -2.51. The van der Waals surface area contributed by atoms with Gasteiger partial charge in [-0.1, -0.05) is 0 Å². The van der Waals surface area contributed by atoms with Crippen LogP contribution in [0.5, 0.6) is 0 Å². The van der Waals surface area contributed by atoms with Crippen molar-refractivity contribution < 1.29 is 45.5 Å². The number of alkyl halides is 6. The van der Waals surface area contributed by atoms with Crippen LogP contribution in [0.4, 0.5) is 35.9 Å². The molecule has 0 aromatic heterocycles. The summed E-state index contributed by atoms with van der Waals surface area (Å²) in [6.07, 6.45) is -15.2. The first-order valence-corrected chi connectivity index (χ1v) is 5.27. The molecular formula is C8H4F6N4O4. The summed E-state index contributed by atoms with van der Waals surface area (Å²) in [5, 5.41) is 3.08. The zero-order valence-electron chi connectivity index (χ0n) is 9.95. The molecule has 2 rings (SSSR count). The van der Waals surface area contributed by atoms with Crippen molar-refractivity contribution >= 4 is 23.9 Å². The first-order chi connectivity index (χ1) is 9.85. The molecule has 0 aromatic carbocycles. The smallest absolute Gasteiger partial charge is 0.313 e. The van der Waals surface area contributed by atoms with Gasteiger partial charge in [0.15, 0.2) is 12.3 Å². The number of amides is 6. The quantitative estimate of drug-likeness (QED) is 0.603. The normalized spacial score (nSPS) is 25.0. The summed E-state index contributed by atoms with van der Waals surface area (Å²) in [5.74, 6) is -5.39. The van der Waals surface area contributed by atoms with Crippen LogP contribution in [0, 0.1) is 0 Å². The number of hydrogen-bond acceptors (Lipinski definition) is 4. The number of fused-ring (bicyclic) bond motifs is 1. The third-order valence-electron chi connectivity index (χ3n) is 2.76. The van der Waals surface area contributed by atoms with E-state index in [1.165, 1.54) is 0 Å². The Kier molecular flexibility index (Phi) is 3.22. The Morgan fingerprint density at radius 2 is 1.05 bits per heavy atom. The Labute approximate surface area is 116 Å². The number of imide groups is 2. The van der Waals surface area contributed by atoms with E-state index in [0.29, 0.717) is 0 Å². The van der Waals surface area contributed by atoms with E-state index in [1.807, 2.05) is 0 Å². The zero-order valence-corrected chi connectivity index (χ0v) is 9.95. The SMILES string of the molecule is O=C1N[C@@H]2[C@@H](NC(=O)N2C(=O)C(F)(F)F)N1C(=O)C(F)(F)F. The maximum Gasteiger partial charge on any atom is 0.471 e. The summed E-state index contributed by atoms with van der Waals surface area (Å²) in [7, 11) is 0. The molecule has 122 valence electrons. The molecule has 2 atom stereocenters. The van der Waals surface area contributed by atoms with Gasteiger partial charge in [0.1, 0.15) is 0 Å². The molecule has 0 unspecified atom stereocenters. The van der Waals surface area contributed by atoms with Crippen LogP contribution in [0.1, 0.15) is 0 Å². The molecule has 6 amide bonds. The maximum absolute atomic E-state index is 12.3. The molecule has 8 nitrogen and oxygen atoms in total. The van der Waals surface area contributed by atoms with Crippen LogP contribution in [-0.4, -0.2) is 58.4 Å². The Morgan fingerprint density at radius 1 is 0.773 bits per heavy atom. The molecule has 2 N–H and O–H groups in total. The fraction of sp³-hybridized carbons (Fsp3) is 0.500. The predicted octanol–water partition coefficient (Wildman–Crippen LogP) is -0.133. The van der Waals surface area contributed by atoms with Gasteiger partial charge < -0.3 is 10.6 Å². The number of halogens is 6. The van der Waals surface area contributed by atoms with Crippen molar-refractivity contribution in [1.29, 1.82) is 0 Å². The highest BCUT2D eigenvalue weighted by molar-refractivity contribution is 6.04. The number of carbonyl (C=O) groups is 4. The molecule has 2 fully saturated rings. The second-order valence-corrected chi connectivity index (χ2v) is 4.13. The number of nitrogens with one attached hydrogen (secondary N) is 2. The van der Waals surface area contributed by atoms with Crippen molar-refractivity contribution in [1.82, 2.24) is 20.4 Å². The van der Waals surface area contributed by atoms with Crippen LogP contribution in [0.3, 0.4) is 0 Å². The van der Waals surface area contributed by atoms with Gasteiger partial charge in [0.05, 0.1) is 0 Å². The van der Waals surface area contributed by atoms with Gasteiger partial charge in [-0.15, -0.1) is 0 Å². The van der Waals surface area contributed by atoms with Gasteiger partial charge in [0.2, 0.25) is 0 Å². The lowest BCUT2D eigenvalue weighted by atomic mass is 10.3. The molecular weight excluding hydrogens is 330 g/mol. The van der Waals surface area contributed by atoms with E-state index in [9.17, 15) is 45.5 Å². The van der Waals surface area contributed by atoms with Gasteiger partial charge in [-0.2, -0.15) is 26.3 Å². The average Bonchev–Trinajstić information content (AvgIpc) is 2.78. The molecule has 2 saturated heterocycles. The molecule has 0 aromatic rings. The lowest BCUT2D eigenvalue weighted by molar-refractivity contribution is -0.185. The highest BCUT2D eigenvalue weighted by atomic mass is 19.4. The number of nitrogens with zero attached hydrogens (tertiary/aromatic N) is 2. The highest BCUT2D eigenvalue weighted by Crippen LogP contribution is 2.30. The minimum absolute atomic E-state index is 0.508. The van der Waals surface area contributed by atoms with Crippen molar-refractivity contribution in [2.45, 2.75) is 24.7 Å². The third-order valence-corrected chi connectivity index (χ3v) is 2.76. The first kappa shape index (κ1) is 15.8. The largest absolute Gasteiger partial charge is 0.471 e. The molecule has 0 aliphatic carbocycles. The Balaban J connectivity index is 2.33. The monoisotopic (exact) mass is 334 g/mol. The van der Waals surface area contributed by atoms with Crippen molar-refractivity contribution in [2.75, 3.05) is 0 Å². The summed E-state index contributed by atoms with van der Waals surface area (Å²) in [5.41, 5.74) is 0. The molecule has 0 radical (unpaired) electrons. The second kappa shape index (κ2) is 4.48. The van der Waals surface area contributed by atoms with Gasteiger partial charge in [-0.05, 0) is 0 Å². The summed E-state index contributed by atoms with van der Waals surface area (Å²) >= 11 is 0. The molecule has 0 spiro atoms. The van der Waals surface area contributed by atoms with E-state index < -0.39 is 58.4 Å². The number of hydrogen-bond donors (Lipinski definition) is 2. The molecule has 0 bridgehead atoms. The molecule has 0 saturated carbocycles. The Hall–Kier alpha value is -2.54. The third kappa shape index (κ3) is 2.29. The van der Waals surface area contributed by atoms with Crippen molar-refractivity contribution in [2.24, 2.45) is 0 Å². The number of rotatable bonds is 0. The standard InChI is InChI=1S/C8H4F6N4O4/c9-7(10,11)3(19)17-1-2(16-6(17)22)18(5(21)15-1)4(20)8(12,13)14/h1-2H,(H,15,21)(H,16,22)/t1-,2-/m0/s1. The summed E-state index contributed by atoms with van der Waals surface area (Å²) in [6, 6.07) is -3.39. The van der Waals surface area contributed by atoms with Crippen molar-refractivity contribution in [3.63, 3.8) is 0 Å². The van der Waals surface area contributed by atoms with Gasteiger partial charge in [0.25, 0.3) is 0 Å². The second-order valence-electron chi connectivity index (χ2n) is 4.13. The maximum atomic E-state index is 12.3. The van der Waals surface area contributed by atoms with Gasteiger partial charge >= 0.3 is 36.2 Å². The predicted molar refractivity (Wildman–Crippen MR) is 50.4 cm³/mol. The lowest BCUT2D eigenvalue weighted by Gasteiger charge is -2.21. The van der Waals surface area contributed by atoms with E-state index in [2.05, 4.69) is 0 Å². The van der Waals surface area contributed by atoms with Gasteiger partial charge in [-0.25, -0.2) is 19.4 Å². The van der Waals surface area contributed by atoms with E-state index in [-0.39, 0.29) is 0 Å². The summed E-state index contributed by atoms with van der Waals surface area (Å²) < 4.78 is 74.0. The fourth-order valence-electron chi connectivity index (χ4n) is 1.92. The van der Waals surface area contributed by atoms with Crippen LogP contribution >= 0.6 is 0 Å². The Bertz CT molecular complexity index is 522. The van der Waals surface area contributed by atoms with Gasteiger partial charge in [-0.3, -0.25) is 9.59 Å². The molecule has 22 heavy (non-hydrogen) atoms. The fourth-order valence-corrected chi connectivity index (χ4v) is 1.92. The average molecular weight is 334 g/mol. The molecule has 2 heterocycles. The zero-order chi connectivity index (χ0) is 17.0. The molecule has 14 heteroatoms. The van der Waals surface area contributed by atoms with E-state index in [4.69, 9.17) is 0 Å². The van der Waals surface area contributed by atoms with E-state index in [1.54, 1.807) is 10.6 Å². The summed E-state index contributed by atoms with van der Waals surface area (Å²) in [6.45, 7) is 0. The Morgan fingerprint density at radius 3 is 1.27 bits per heavy atom. The minimum Gasteiger partial charge on any atom is -0.313 e. The number of carbonyl (C=O) groups excluding carboxylic acids is 4. The molecule has 2 aliphatic rings. The topological polar surface area (TPSA) is 98.8 Å². The number of urea groups is 2. The first-order valence-electron chi connectivity index (χ1n) is 5.27. The van der Waals surface area contributed by atoms with Crippen molar-refractivity contribution in [3.8, 4) is 0 Å². The van der Waals surface area contributed by atoms with Gasteiger partial charge in [0, 0.05) is 0 Å². The van der Waals surface area contributed by atoms with Crippen LogP contribution in [-0.2, 0) is 9.59 Å². The van der Waals surface area contributed by atoms with Crippen LogP contribution < -0.4 is 10.6 Å². The van der Waals surface area contributed by atoms with E-state index >= 15 is 0 Å². The van der Waals surface area contributed by atoms with Crippen LogP contribution in [0.25, 0.3) is 0 Å². The van der Waals surface area contributed by atoms with E-state index in [0.717, 1.165) is 0 Å². The molecule has 2 aliphatic heterocycles. The summed E-state index contributed by atoms with van der Waals surface area (Å²) in [4.78, 5) is 43.8. The van der Waals surface area contributed by atoms with Crippen LogP contribution in [0.2, 0.25) is 0 Å². The van der Waals surface area contributed by atoms with Crippen LogP contribution in [0.15, 0.2) is 0 Å².